The molecule has 2 fully saturated rings. The normalized spacial score (nSPS) is 33.8. The van der Waals surface area contributed by atoms with E-state index in [4.69, 9.17) is 42.1 Å². The van der Waals surface area contributed by atoms with Crippen LogP contribution in [0.2, 0.25) is 10.0 Å². The highest BCUT2D eigenvalue weighted by Crippen LogP contribution is 2.56. The van der Waals surface area contributed by atoms with Gasteiger partial charge in [-0.05, 0) is 51.7 Å². The fourth-order valence-corrected chi connectivity index (χ4v) is 4.97. The Morgan fingerprint density at radius 3 is 2.41 bits per heavy atom. The van der Waals surface area contributed by atoms with Gasteiger partial charge in [0.1, 0.15) is 17.8 Å². The first-order valence-electron chi connectivity index (χ1n) is 9.75. The quantitative estimate of drug-likeness (QED) is 0.514. The van der Waals surface area contributed by atoms with Crippen molar-refractivity contribution in [2.24, 2.45) is 5.92 Å². The Kier molecular flexibility index (Phi) is 6.46. The summed E-state index contributed by atoms with van der Waals surface area (Å²) in [7, 11) is 0. The standard InChI is InChI=1S/C21H30Cl2O4/c1-6-24-14(4)26-19-18(20(5)10-11-21(19,27-20)13(2)3)25-12-15-16(22)8-7-9-17(15)23/h7-9,13-14,18-19H,6,10-12H2,1-5H3/t14?,18-,19-,20+,21+/m1/s1. The lowest BCUT2D eigenvalue weighted by molar-refractivity contribution is -0.216. The van der Waals surface area contributed by atoms with Gasteiger partial charge >= 0.3 is 0 Å². The van der Waals surface area contributed by atoms with Gasteiger partial charge in [-0.2, -0.15) is 0 Å². The molecule has 0 radical (unpaired) electrons. The Labute approximate surface area is 172 Å². The predicted octanol–water partition coefficient (Wildman–Crippen LogP) is 5.62. The molecule has 0 amide bonds. The van der Waals surface area contributed by atoms with Crippen LogP contribution in [-0.4, -0.2) is 36.3 Å². The first-order chi connectivity index (χ1) is 12.7. The van der Waals surface area contributed by atoms with Gasteiger partial charge in [0.05, 0.1) is 12.2 Å². The van der Waals surface area contributed by atoms with E-state index in [-0.39, 0.29) is 24.1 Å². The Morgan fingerprint density at radius 1 is 1.15 bits per heavy atom. The molecule has 0 saturated carbocycles. The smallest absolute Gasteiger partial charge is 0.155 e. The molecular weight excluding hydrogens is 387 g/mol. The molecule has 1 aromatic rings. The summed E-state index contributed by atoms with van der Waals surface area (Å²) in [6.07, 6.45) is 1.15. The molecule has 2 saturated heterocycles. The van der Waals surface area contributed by atoms with Crippen molar-refractivity contribution in [3.05, 3.63) is 33.8 Å². The Balaban J connectivity index is 1.84. The number of hydrogen-bond donors (Lipinski definition) is 0. The highest BCUT2D eigenvalue weighted by molar-refractivity contribution is 6.35. The predicted molar refractivity (Wildman–Crippen MR) is 107 cm³/mol. The van der Waals surface area contributed by atoms with Crippen LogP contribution in [0.1, 0.15) is 53.0 Å². The van der Waals surface area contributed by atoms with Crippen LogP contribution in [0.4, 0.5) is 0 Å². The van der Waals surface area contributed by atoms with Gasteiger partial charge in [0.25, 0.3) is 0 Å². The largest absolute Gasteiger partial charge is 0.368 e. The lowest BCUT2D eigenvalue weighted by Gasteiger charge is -2.40. The number of halogens is 2. The Hall–Kier alpha value is -0.360. The molecular formula is C21H30Cl2O4. The van der Waals surface area contributed by atoms with E-state index in [0.717, 1.165) is 18.4 Å². The van der Waals surface area contributed by atoms with Gasteiger partial charge in [0.15, 0.2) is 6.29 Å². The molecule has 0 aromatic heterocycles. The summed E-state index contributed by atoms with van der Waals surface area (Å²) in [6, 6.07) is 5.48. The van der Waals surface area contributed by atoms with Crippen molar-refractivity contribution in [3.8, 4) is 0 Å². The van der Waals surface area contributed by atoms with Crippen molar-refractivity contribution >= 4 is 23.2 Å². The van der Waals surface area contributed by atoms with Gasteiger partial charge in [-0.15, -0.1) is 0 Å². The maximum absolute atomic E-state index is 6.59. The van der Waals surface area contributed by atoms with Crippen LogP contribution in [-0.2, 0) is 25.6 Å². The van der Waals surface area contributed by atoms with E-state index in [1.165, 1.54) is 0 Å². The molecule has 1 unspecified atom stereocenters. The van der Waals surface area contributed by atoms with Crippen molar-refractivity contribution in [1.29, 1.82) is 0 Å². The van der Waals surface area contributed by atoms with Gasteiger partial charge in [-0.25, -0.2) is 0 Å². The molecule has 2 heterocycles. The first kappa shape index (κ1) is 21.4. The van der Waals surface area contributed by atoms with E-state index in [9.17, 15) is 0 Å². The second-order valence-corrected chi connectivity index (χ2v) is 8.85. The van der Waals surface area contributed by atoms with Crippen LogP contribution >= 0.6 is 23.2 Å². The van der Waals surface area contributed by atoms with E-state index < -0.39 is 5.60 Å². The molecule has 27 heavy (non-hydrogen) atoms. The van der Waals surface area contributed by atoms with E-state index in [0.29, 0.717) is 29.2 Å². The molecule has 2 bridgehead atoms. The highest BCUT2D eigenvalue weighted by Gasteiger charge is 2.68. The fourth-order valence-electron chi connectivity index (χ4n) is 4.47. The number of rotatable bonds is 8. The van der Waals surface area contributed by atoms with Crippen molar-refractivity contribution in [3.63, 3.8) is 0 Å². The lowest BCUT2D eigenvalue weighted by Crippen LogP contribution is -2.54. The molecule has 3 rings (SSSR count). The molecule has 2 aliphatic rings. The number of ether oxygens (including phenoxy) is 4. The summed E-state index contributed by atoms with van der Waals surface area (Å²) in [5, 5.41) is 1.21. The summed E-state index contributed by atoms with van der Waals surface area (Å²) in [5.41, 5.74) is 0.0336. The summed E-state index contributed by atoms with van der Waals surface area (Å²) in [6.45, 7) is 11.3. The lowest BCUT2D eigenvalue weighted by atomic mass is 9.73. The first-order valence-corrected chi connectivity index (χ1v) is 10.5. The summed E-state index contributed by atoms with van der Waals surface area (Å²) >= 11 is 12.6. The molecule has 152 valence electrons. The van der Waals surface area contributed by atoms with Gasteiger partial charge in [-0.3, -0.25) is 0 Å². The number of benzene rings is 1. The Bertz CT molecular complexity index is 647. The highest BCUT2D eigenvalue weighted by atomic mass is 35.5. The topological polar surface area (TPSA) is 36.9 Å². The van der Waals surface area contributed by atoms with Crippen LogP contribution in [0.5, 0.6) is 0 Å². The average Bonchev–Trinajstić information content (AvgIpc) is 3.06. The van der Waals surface area contributed by atoms with Crippen molar-refractivity contribution in [2.45, 2.75) is 83.8 Å². The molecule has 6 heteroatoms. The van der Waals surface area contributed by atoms with Crippen LogP contribution in [0.15, 0.2) is 18.2 Å². The van der Waals surface area contributed by atoms with Gasteiger partial charge in [0.2, 0.25) is 0 Å². The molecule has 4 nitrogen and oxygen atoms in total. The number of hydrogen-bond acceptors (Lipinski definition) is 4. The zero-order chi connectivity index (χ0) is 19.8. The molecule has 2 aliphatic heterocycles. The van der Waals surface area contributed by atoms with E-state index >= 15 is 0 Å². The maximum Gasteiger partial charge on any atom is 0.155 e. The van der Waals surface area contributed by atoms with Gasteiger partial charge in [-0.1, -0.05) is 43.1 Å². The molecule has 0 aliphatic carbocycles. The molecule has 5 atom stereocenters. The number of fused-ring (bicyclic) bond motifs is 2. The van der Waals surface area contributed by atoms with Crippen molar-refractivity contribution < 1.29 is 18.9 Å². The third-order valence-corrected chi connectivity index (χ3v) is 6.69. The van der Waals surface area contributed by atoms with E-state index in [2.05, 4.69) is 20.8 Å². The maximum atomic E-state index is 6.59. The second-order valence-electron chi connectivity index (χ2n) is 8.04. The van der Waals surface area contributed by atoms with E-state index in [1.807, 2.05) is 32.0 Å². The van der Waals surface area contributed by atoms with Crippen LogP contribution in [0.25, 0.3) is 0 Å². The SMILES string of the molecule is CCOC(C)O[C@@H]1[C@@H](OCc2c(Cl)cccc2Cl)[C@]2(C)CC[C@@]1(C(C)C)O2. The van der Waals surface area contributed by atoms with Gasteiger partial charge in [0, 0.05) is 22.2 Å². The van der Waals surface area contributed by atoms with E-state index in [1.54, 1.807) is 0 Å². The average molecular weight is 417 g/mol. The van der Waals surface area contributed by atoms with Crippen molar-refractivity contribution in [2.75, 3.05) is 6.61 Å². The molecule has 1 aromatic carbocycles. The summed E-state index contributed by atoms with van der Waals surface area (Å²) < 4.78 is 25.0. The van der Waals surface area contributed by atoms with Crippen molar-refractivity contribution in [1.82, 2.24) is 0 Å². The minimum absolute atomic E-state index is 0.209. The van der Waals surface area contributed by atoms with Crippen LogP contribution in [0, 0.1) is 5.92 Å². The second kappa shape index (κ2) is 8.17. The molecule has 0 N–H and O–H groups in total. The zero-order valence-electron chi connectivity index (χ0n) is 16.8. The third-order valence-electron chi connectivity index (χ3n) is 5.98. The summed E-state index contributed by atoms with van der Waals surface area (Å²) in [5.74, 6) is 0.302. The fraction of sp³-hybridized carbons (Fsp3) is 0.714. The van der Waals surface area contributed by atoms with Crippen LogP contribution in [0.3, 0.4) is 0 Å². The minimum atomic E-state index is -0.394. The van der Waals surface area contributed by atoms with Gasteiger partial charge < -0.3 is 18.9 Å². The van der Waals surface area contributed by atoms with Crippen LogP contribution < -0.4 is 0 Å². The summed E-state index contributed by atoms with van der Waals surface area (Å²) in [4.78, 5) is 0. The Morgan fingerprint density at radius 2 is 1.81 bits per heavy atom. The monoisotopic (exact) mass is 416 g/mol. The molecule has 0 spiro atoms. The zero-order valence-corrected chi connectivity index (χ0v) is 18.3. The third kappa shape index (κ3) is 3.90. The minimum Gasteiger partial charge on any atom is -0.368 e.